The van der Waals surface area contributed by atoms with Crippen LogP contribution in [0.4, 0.5) is 0 Å². The summed E-state index contributed by atoms with van der Waals surface area (Å²) in [5.74, 6) is 0. The van der Waals surface area contributed by atoms with E-state index >= 15 is 0 Å². The molecular formula is C13H23ClN2O. The fraction of sp³-hybridized carbons (Fsp3) is 1.00. The van der Waals surface area contributed by atoms with Crippen LogP contribution in [-0.4, -0.2) is 66.7 Å². The molecule has 0 radical (unpaired) electrons. The Balaban J connectivity index is 1.58. The topological polar surface area (TPSA) is 15.7 Å². The second-order valence-electron chi connectivity index (χ2n) is 5.91. The van der Waals surface area contributed by atoms with E-state index in [0.29, 0.717) is 11.5 Å². The van der Waals surface area contributed by atoms with Crippen molar-refractivity contribution in [3.05, 3.63) is 0 Å². The summed E-state index contributed by atoms with van der Waals surface area (Å²) >= 11 is 6.31. The standard InChI is InChI=1S/C13H23ClN2O/c1-15-4-5-17-13(8-15)9-16-11-2-3-12(16)7-10(14)6-11/h10-13H,2-9H2,1H3. The van der Waals surface area contributed by atoms with Gasteiger partial charge in [0.1, 0.15) is 0 Å². The van der Waals surface area contributed by atoms with Crippen LogP contribution in [0.15, 0.2) is 0 Å². The SMILES string of the molecule is CN1CCOC(CN2C3CCC2CC(Cl)C3)C1. The number of ether oxygens (including phenoxy) is 1. The highest BCUT2D eigenvalue weighted by molar-refractivity contribution is 6.20. The van der Waals surface area contributed by atoms with Crippen molar-refractivity contribution in [3.8, 4) is 0 Å². The number of alkyl halides is 1. The van der Waals surface area contributed by atoms with Gasteiger partial charge in [0.05, 0.1) is 12.7 Å². The van der Waals surface area contributed by atoms with E-state index in [1.54, 1.807) is 0 Å². The van der Waals surface area contributed by atoms with Crippen molar-refractivity contribution in [3.63, 3.8) is 0 Å². The molecule has 17 heavy (non-hydrogen) atoms. The van der Waals surface area contributed by atoms with Crippen LogP contribution >= 0.6 is 11.6 Å². The predicted molar refractivity (Wildman–Crippen MR) is 69.6 cm³/mol. The lowest BCUT2D eigenvalue weighted by Crippen LogP contribution is -2.51. The van der Waals surface area contributed by atoms with Gasteiger partial charge in [0.25, 0.3) is 0 Å². The lowest BCUT2D eigenvalue weighted by molar-refractivity contribution is -0.0466. The van der Waals surface area contributed by atoms with Crippen molar-refractivity contribution >= 4 is 11.6 Å². The molecule has 0 amide bonds. The summed E-state index contributed by atoms with van der Waals surface area (Å²) in [6, 6.07) is 1.46. The molecule has 3 rings (SSSR count). The highest BCUT2D eigenvalue weighted by Gasteiger charge is 2.41. The van der Waals surface area contributed by atoms with E-state index in [-0.39, 0.29) is 0 Å². The van der Waals surface area contributed by atoms with Crippen molar-refractivity contribution in [2.75, 3.05) is 33.3 Å². The maximum absolute atomic E-state index is 6.31. The quantitative estimate of drug-likeness (QED) is 0.699. The molecule has 0 aliphatic carbocycles. The number of nitrogens with zero attached hydrogens (tertiary/aromatic N) is 2. The number of rotatable bonds is 2. The van der Waals surface area contributed by atoms with Crippen LogP contribution in [0.5, 0.6) is 0 Å². The van der Waals surface area contributed by atoms with E-state index in [2.05, 4.69) is 16.8 Å². The lowest BCUT2D eigenvalue weighted by atomic mass is 10.0. The minimum Gasteiger partial charge on any atom is -0.374 e. The fourth-order valence-electron chi connectivity index (χ4n) is 3.72. The third-order valence-electron chi connectivity index (χ3n) is 4.58. The first-order valence-corrected chi connectivity index (χ1v) is 7.36. The molecule has 0 aromatic rings. The average molecular weight is 259 g/mol. The van der Waals surface area contributed by atoms with E-state index in [9.17, 15) is 0 Å². The Morgan fingerprint density at radius 2 is 1.94 bits per heavy atom. The number of fused-ring (bicyclic) bond motifs is 2. The van der Waals surface area contributed by atoms with Gasteiger partial charge in [-0.25, -0.2) is 0 Å². The van der Waals surface area contributed by atoms with Gasteiger partial charge in [0, 0.05) is 37.1 Å². The van der Waals surface area contributed by atoms with Gasteiger partial charge in [-0.05, 0) is 32.7 Å². The van der Waals surface area contributed by atoms with Gasteiger partial charge in [-0.1, -0.05) is 0 Å². The molecule has 3 nitrogen and oxygen atoms in total. The molecule has 3 unspecified atom stereocenters. The van der Waals surface area contributed by atoms with Gasteiger partial charge in [-0.15, -0.1) is 11.6 Å². The van der Waals surface area contributed by atoms with E-state index in [1.807, 2.05) is 0 Å². The molecule has 0 N–H and O–H groups in total. The Labute approximate surface area is 109 Å². The zero-order valence-electron chi connectivity index (χ0n) is 10.6. The molecule has 3 atom stereocenters. The number of halogens is 1. The molecule has 0 aromatic heterocycles. The Hall–Kier alpha value is 0.170. The molecule has 4 heteroatoms. The van der Waals surface area contributed by atoms with Crippen molar-refractivity contribution in [1.82, 2.24) is 9.80 Å². The van der Waals surface area contributed by atoms with Gasteiger partial charge in [0.15, 0.2) is 0 Å². The first-order valence-electron chi connectivity index (χ1n) is 6.92. The van der Waals surface area contributed by atoms with Crippen LogP contribution in [0.25, 0.3) is 0 Å². The molecule has 98 valence electrons. The Kier molecular flexibility index (Phi) is 3.62. The van der Waals surface area contributed by atoms with E-state index in [4.69, 9.17) is 16.3 Å². The molecule has 3 aliphatic rings. The van der Waals surface area contributed by atoms with Crippen LogP contribution in [0.1, 0.15) is 25.7 Å². The summed E-state index contributed by atoms with van der Waals surface area (Å²) in [6.07, 6.45) is 5.46. The molecule has 0 spiro atoms. The van der Waals surface area contributed by atoms with Crippen molar-refractivity contribution < 1.29 is 4.74 Å². The maximum Gasteiger partial charge on any atom is 0.0829 e. The second-order valence-corrected chi connectivity index (χ2v) is 6.52. The van der Waals surface area contributed by atoms with E-state index in [0.717, 1.165) is 38.3 Å². The van der Waals surface area contributed by atoms with Crippen molar-refractivity contribution in [2.24, 2.45) is 0 Å². The van der Waals surface area contributed by atoms with Gasteiger partial charge in [0.2, 0.25) is 0 Å². The largest absolute Gasteiger partial charge is 0.374 e. The smallest absolute Gasteiger partial charge is 0.0829 e. The summed E-state index contributed by atoms with van der Waals surface area (Å²) < 4.78 is 5.89. The molecule has 0 saturated carbocycles. The highest BCUT2D eigenvalue weighted by Crippen LogP contribution is 2.37. The predicted octanol–water partition coefficient (Wildman–Crippen LogP) is 1.55. The molecule has 2 bridgehead atoms. The van der Waals surface area contributed by atoms with E-state index < -0.39 is 0 Å². The summed E-state index contributed by atoms with van der Waals surface area (Å²) in [5, 5.41) is 0.415. The maximum atomic E-state index is 6.31. The molecule has 3 heterocycles. The van der Waals surface area contributed by atoms with Gasteiger partial charge in [-0.2, -0.15) is 0 Å². The summed E-state index contributed by atoms with van der Waals surface area (Å²) in [4.78, 5) is 5.06. The summed E-state index contributed by atoms with van der Waals surface area (Å²) in [6.45, 7) is 4.17. The Morgan fingerprint density at radius 3 is 2.59 bits per heavy atom. The average Bonchev–Trinajstić information content (AvgIpc) is 2.54. The Bertz CT molecular complexity index is 262. The third-order valence-corrected chi connectivity index (χ3v) is 4.94. The third kappa shape index (κ3) is 2.62. The first-order chi connectivity index (χ1) is 8.22. The minimum absolute atomic E-state index is 0.406. The number of likely N-dealkylation sites (N-methyl/N-ethyl adjacent to an activating group) is 1. The molecule has 3 fully saturated rings. The number of morpholine rings is 1. The van der Waals surface area contributed by atoms with Gasteiger partial charge < -0.3 is 9.64 Å². The molecule has 3 saturated heterocycles. The summed E-state index contributed by atoms with van der Waals surface area (Å²) in [7, 11) is 2.19. The van der Waals surface area contributed by atoms with Gasteiger partial charge >= 0.3 is 0 Å². The summed E-state index contributed by atoms with van der Waals surface area (Å²) in [5.41, 5.74) is 0. The number of piperidine rings is 1. The molecule has 3 aliphatic heterocycles. The van der Waals surface area contributed by atoms with Crippen molar-refractivity contribution in [2.45, 2.75) is 49.2 Å². The zero-order valence-corrected chi connectivity index (χ0v) is 11.4. The Morgan fingerprint density at radius 1 is 1.24 bits per heavy atom. The van der Waals surface area contributed by atoms with Crippen LogP contribution in [0, 0.1) is 0 Å². The van der Waals surface area contributed by atoms with E-state index in [1.165, 1.54) is 25.7 Å². The van der Waals surface area contributed by atoms with Gasteiger partial charge in [-0.3, -0.25) is 4.90 Å². The van der Waals surface area contributed by atoms with Crippen molar-refractivity contribution in [1.29, 1.82) is 0 Å². The number of hydrogen-bond donors (Lipinski definition) is 0. The molecular weight excluding hydrogens is 236 g/mol. The first kappa shape index (κ1) is 12.2. The normalized spacial score (nSPS) is 44.1. The van der Waals surface area contributed by atoms with Crippen LogP contribution in [0.2, 0.25) is 0 Å². The number of hydrogen-bond acceptors (Lipinski definition) is 3. The highest BCUT2D eigenvalue weighted by atomic mass is 35.5. The second kappa shape index (κ2) is 5.04. The molecule has 0 aromatic carbocycles. The van der Waals surface area contributed by atoms with Crippen LogP contribution in [-0.2, 0) is 4.74 Å². The minimum atomic E-state index is 0.406. The van der Waals surface area contributed by atoms with Crippen LogP contribution in [0.3, 0.4) is 0 Å². The lowest BCUT2D eigenvalue weighted by Gasteiger charge is -2.40. The fourth-order valence-corrected chi connectivity index (χ4v) is 4.13. The van der Waals surface area contributed by atoms with Crippen LogP contribution < -0.4 is 0 Å². The monoisotopic (exact) mass is 258 g/mol. The zero-order chi connectivity index (χ0) is 11.8.